The van der Waals surface area contributed by atoms with Crippen molar-refractivity contribution in [3.05, 3.63) is 11.6 Å². The Morgan fingerprint density at radius 1 is 1.40 bits per heavy atom. The van der Waals surface area contributed by atoms with Gasteiger partial charge < -0.3 is 4.74 Å². The van der Waals surface area contributed by atoms with E-state index in [2.05, 4.69) is 26.8 Å². The molecule has 0 rings (SSSR count). The molecule has 0 radical (unpaired) electrons. The molecule has 0 aromatic heterocycles. The molecule has 2 nitrogen and oxygen atoms in total. The van der Waals surface area contributed by atoms with Crippen molar-refractivity contribution in [3.63, 3.8) is 0 Å². The summed E-state index contributed by atoms with van der Waals surface area (Å²) in [5.74, 6) is 0.459. The summed E-state index contributed by atoms with van der Waals surface area (Å²) >= 11 is 0. The summed E-state index contributed by atoms with van der Waals surface area (Å²) in [6.45, 7) is 8.42. The number of esters is 1. The van der Waals surface area contributed by atoms with Gasteiger partial charge in [-0.25, -0.2) is 0 Å². The average Bonchev–Trinajstić information content (AvgIpc) is 2.16. The lowest BCUT2D eigenvalue weighted by molar-refractivity contribution is -0.145. The molecular weight excluding hydrogens is 188 g/mol. The first-order chi connectivity index (χ1) is 7.01. The SMILES string of the molecule is CC/C=C(\C)CC(C)CC(C)C(=O)OC. The second-order valence-electron chi connectivity index (χ2n) is 4.43. The first kappa shape index (κ1) is 14.2. The van der Waals surface area contributed by atoms with Gasteiger partial charge in [-0.15, -0.1) is 0 Å². The topological polar surface area (TPSA) is 26.3 Å². The van der Waals surface area contributed by atoms with Gasteiger partial charge in [0.2, 0.25) is 0 Å². The molecule has 0 heterocycles. The Balaban J connectivity index is 3.98. The van der Waals surface area contributed by atoms with Crippen molar-refractivity contribution in [1.82, 2.24) is 0 Å². The van der Waals surface area contributed by atoms with Gasteiger partial charge in [0, 0.05) is 0 Å². The molecule has 0 saturated carbocycles. The van der Waals surface area contributed by atoms with E-state index in [0.29, 0.717) is 5.92 Å². The molecule has 0 spiro atoms. The lowest BCUT2D eigenvalue weighted by atomic mass is 9.92. The Bertz CT molecular complexity index is 219. The smallest absolute Gasteiger partial charge is 0.308 e. The molecule has 0 aliphatic heterocycles. The molecule has 0 N–H and O–H groups in total. The first-order valence-corrected chi connectivity index (χ1v) is 5.74. The molecule has 2 heteroatoms. The zero-order chi connectivity index (χ0) is 11.8. The van der Waals surface area contributed by atoms with Crippen molar-refractivity contribution < 1.29 is 9.53 Å². The van der Waals surface area contributed by atoms with Crippen molar-refractivity contribution in [3.8, 4) is 0 Å². The highest BCUT2D eigenvalue weighted by Crippen LogP contribution is 2.20. The van der Waals surface area contributed by atoms with Gasteiger partial charge in [0.1, 0.15) is 0 Å². The van der Waals surface area contributed by atoms with E-state index in [4.69, 9.17) is 4.74 Å². The van der Waals surface area contributed by atoms with Crippen LogP contribution >= 0.6 is 0 Å². The minimum atomic E-state index is -0.0982. The van der Waals surface area contributed by atoms with Crippen LogP contribution in [0.25, 0.3) is 0 Å². The van der Waals surface area contributed by atoms with Crippen molar-refractivity contribution in [2.24, 2.45) is 11.8 Å². The molecule has 0 fully saturated rings. The number of ether oxygens (including phenoxy) is 1. The Morgan fingerprint density at radius 2 is 2.00 bits per heavy atom. The third-order valence-corrected chi connectivity index (χ3v) is 2.58. The fourth-order valence-electron chi connectivity index (χ4n) is 1.97. The number of methoxy groups -OCH3 is 1. The maximum absolute atomic E-state index is 11.2. The molecular formula is C13H24O2. The fourth-order valence-corrected chi connectivity index (χ4v) is 1.97. The van der Waals surface area contributed by atoms with Gasteiger partial charge in [-0.1, -0.05) is 32.4 Å². The van der Waals surface area contributed by atoms with Gasteiger partial charge in [0.25, 0.3) is 0 Å². The molecule has 2 unspecified atom stereocenters. The van der Waals surface area contributed by atoms with Crippen LogP contribution < -0.4 is 0 Å². The molecule has 2 atom stereocenters. The molecule has 0 saturated heterocycles. The number of hydrogen-bond acceptors (Lipinski definition) is 2. The van der Waals surface area contributed by atoms with E-state index in [1.54, 1.807) is 0 Å². The molecule has 0 aromatic carbocycles. The predicted octanol–water partition coefficient (Wildman–Crippen LogP) is 3.57. The van der Waals surface area contributed by atoms with Crippen LogP contribution in [0.1, 0.15) is 47.0 Å². The van der Waals surface area contributed by atoms with Gasteiger partial charge in [-0.3, -0.25) is 4.79 Å². The normalized spacial score (nSPS) is 15.9. The summed E-state index contributed by atoms with van der Waals surface area (Å²) in [5, 5.41) is 0. The van der Waals surface area contributed by atoms with Crippen LogP contribution in [0.15, 0.2) is 11.6 Å². The first-order valence-electron chi connectivity index (χ1n) is 5.74. The minimum absolute atomic E-state index is 0.0134. The van der Waals surface area contributed by atoms with Gasteiger partial charge in [-0.2, -0.15) is 0 Å². The minimum Gasteiger partial charge on any atom is -0.469 e. The molecule has 88 valence electrons. The monoisotopic (exact) mass is 212 g/mol. The summed E-state index contributed by atoms with van der Waals surface area (Å²) in [6, 6.07) is 0. The Morgan fingerprint density at radius 3 is 2.47 bits per heavy atom. The number of carbonyl (C=O) groups is 1. The van der Waals surface area contributed by atoms with E-state index < -0.39 is 0 Å². The molecule has 0 bridgehead atoms. The molecule has 0 aliphatic rings. The van der Waals surface area contributed by atoms with Crippen LogP contribution in [0.4, 0.5) is 0 Å². The second kappa shape index (κ2) is 7.49. The largest absolute Gasteiger partial charge is 0.469 e. The summed E-state index contributed by atoms with van der Waals surface area (Å²) in [5.41, 5.74) is 1.42. The summed E-state index contributed by atoms with van der Waals surface area (Å²) in [6.07, 6.45) is 5.32. The maximum atomic E-state index is 11.2. The van der Waals surface area contributed by atoms with Gasteiger partial charge in [0.05, 0.1) is 13.0 Å². The van der Waals surface area contributed by atoms with Crippen LogP contribution in [0.3, 0.4) is 0 Å². The van der Waals surface area contributed by atoms with Crippen LogP contribution in [-0.2, 0) is 9.53 Å². The van der Waals surface area contributed by atoms with Crippen LogP contribution in [-0.4, -0.2) is 13.1 Å². The fraction of sp³-hybridized carbons (Fsp3) is 0.769. The van der Waals surface area contributed by atoms with E-state index in [1.807, 2.05) is 6.92 Å². The number of allylic oxidation sites excluding steroid dienone is 2. The Hall–Kier alpha value is -0.790. The third kappa shape index (κ3) is 6.32. The number of hydrogen-bond donors (Lipinski definition) is 0. The van der Waals surface area contributed by atoms with Gasteiger partial charge in [-0.05, 0) is 32.1 Å². The lowest BCUT2D eigenvalue weighted by Gasteiger charge is -2.15. The molecule has 0 aromatic rings. The Labute approximate surface area is 93.7 Å². The van der Waals surface area contributed by atoms with E-state index >= 15 is 0 Å². The standard InChI is InChI=1S/C13H24O2/c1-6-7-10(2)8-11(3)9-12(4)13(14)15-5/h7,11-12H,6,8-9H2,1-5H3/b10-7+. The van der Waals surface area contributed by atoms with Crippen LogP contribution in [0, 0.1) is 11.8 Å². The third-order valence-electron chi connectivity index (χ3n) is 2.58. The van der Waals surface area contributed by atoms with Crippen LogP contribution in [0.5, 0.6) is 0 Å². The summed E-state index contributed by atoms with van der Waals surface area (Å²) in [7, 11) is 1.45. The molecule has 15 heavy (non-hydrogen) atoms. The highest BCUT2D eigenvalue weighted by Gasteiger charge is 2.16. The van der Waals surface area contributed by atoms with Crippen molar-refractivity contribution in [2.45, 2.75) is 47.0 Å². The lowest BCUT2D eigenvalue weighted by Crippen LogP contribution is -2.15. The van der Waals surface area contributed by atoms with Crippen LogP contribution in [0.2, 0.25) is 0 Å². The van der Waals surface area contributed by atoms with Crippen molar-refractivity contribution in [1.29, 1.82) is 0 Å². The average molecular weight is 212 g/mol. The number of carbonyl (C=O) groups excluding carboxylic acids is 1. The number of rotatable bonds is 6. The van der Waals surface area contributed by atoms with Gasteiger partial charge in [0.15, 0.2) is 0 Å². The molecule has 0 amide bonds. The highest BCUT2D eigenvalue weighted by atomic mass is 16.5. The summed E-state index contributed by atoms with van der Waals surface area (Å²) < 4.78 is 4.71. The maximum Gasteiger partial charge on any atom is 0.308 e. The summed E-state index contributed by atoms with van der Waals surface area (Å²) in [4.78, 5) is 11.2. The van der Waals surface area contributed by atoms with E-state index in [-0.39, 0.29) is 11.9 Å². The van der Waals surface area contributed by atoms with E-state index in [0.717, 1.165) is 19.3 Å². The van der Waals surface area contributed by atoms with Crippen molar-refractivity contribution >= 4 is 5.97 Å². The van der Waals surface area contributed by atoms with E-state index in [1.165, 1.54) is 12.7 Å². The Kier molecular flexibility index (Phi) is 7.10. The quantitative estimate of drug-likeness (QED) is 0.497. The predicted molar refractivity (Wildman–Crippen MR) is 63.6 cm³/mol. The molecule has 0 aliphatic carbocycles. The van der Waals surface area contributed by atoms with E-state index in [9.17, 15) is 4.79 Å². The second-order valence-corrected chi connectivity index (χ2v) is 4.43. The van der Waals surface area contributed by atoms with Crippen molar-refractivity contribution in [2.75, 3.05) is 7.11 Å². The highest BCUT2D eigenvalue weighted by molar-refractivity contribution is 5.71. The zero-order valence-corrected chi connectivity index (χ0v) is 10.7. The van der Waals surface area contributed by atoms with Gasteiger partial charge >= 0.3 is 5.97 Å². The zero-order valence-electron chi connectivity index (χ0n) is 10.7.